The summed E-state index contributed by atoms with van der Waals surface area (Å²) in [5, 5.41) is 9.27. The van der Waals surface area contributed by atoms with Crippen LogP contribution >= 0.6 is 11.3 Å². The maximum Gasteiger partial charge on any atom is 0.573 e. The number of anilines is 3. The first kappa shape index (κ1) is 20.1. The fourth-order valence-corrected chi connectivity index (χ4v) is 2.84. The minimum Gasteiger partial charge on any atom is -0.406 e. The molecule has 0 aliphatic rings. The normalized spacial score (nSPS) is 10.9. The zero-order valence-electron chi connectivity index (χ0n) is 14.5. The van der Waals surface area contributed by atoms with Crippen molar-refractivity contribution in [2.24, 2.45) is 0 Å². The van der Waals surface area contributed by atoms with Gasteiger partial charge in [-0.15, -0.1) is 24.5 Å². The summed E-state index contributed by atoms with van der Waals surface area (Å²) >= 11 is 1.05. The molecule has 1 aromatic heterocycles. The number of hydrogen-bond acceptors (Lipinski definition) is 5. The van der Waals surface area contributed by atoms with Gasteiger partial charge in [0.15, 0.2) is 5.13 Å². The predicted molar refractivity (Wildman–Crippen MR) is 102 cm³/mol. The summed E-state index contributed by atoms with van der Waals surface area (Å²) in [7, 11) is 0. The minimum atomic E-state index is -4.79. The van der Waals surface area contributed by atoms with E-state index in [1.54, 1.807) is 24.3 Å². The summed E-state index contributed by atoms with van der Waals surface area (Å²) < 4.78 is 40.2. The highest BCUT2D eigenvalue weighted by Crippen LogP contribution is 2.24. The van der Waals surface area contributed by atoms with Crippen LogP contribution < -0.4 is 20.7 Å². The van der Waals surface area contributed by atoms with E-state index in [0.717, 1.165) is 23.5 Å². The van der Waals surface area contributed by atoms with Gasteiger partial charge >= 0.3 is 12.4 Å². The van der Waals surface area contributed by atoms with Crippen LogP contribution in [0.15, 0.2) is 60.0 Å². The van der Waals surface area contributed by atoms with Crippen molar-refractivity contribution in [3.63, 3.8) is 0 Å². The van der Waals surface area contributed by atoms with E-state index in [-0.39, 0.29) is 16.5 Å². The molecule has 0 unspecified atom stereocenters. The van der Waals surface area contributed by atoms with Crippen molar-refractivity contribution in [3.05, 3.63) is 65.7 Å². The molecular formula is C18H13F3N4O3S. The van der Waals surface area contributed by atoms with Crippen molar-refractivity contribution in [3.8, 4) is 5.75 Å². The Morgan fingerprint density at radius 2 is 1.55 bits per heavy atom. The molecule has 0 aliphatic heterocycles. The quantitative estimate of drug-likeness (QED) is 0.543. The van der Waals surface area contributed by atoms with Crippen LogP contribution in [-0.4, -0.2) is 23.3 Å². The van der Waals surface area contributed by atoms with Gasteiger partial charge in [0.1, 0.15) is 11.4 Å². The number of halogens is 3. The Labute approximate surface area is 166 Å². The van der Waals surface area contributed by atoms with Crippen molar-refractivity contribution >= 4 is 39.8 Å². The smallest absolute Gasteiger partial charge is 0.406 e. The van der Waals surface area contributed by atoms with E-state index in [0.29, 0.717) is 5.69 Å². The maximum absolute atomic E-state index is 12.2. The Hall–Kier alpha value is -3.60. The third-order valence-electron chi connectivity index (χ3n) is 3.33. The predicted octanol–water partition coefficient (Wildman–Crippen LogP) is 4.94. The molecule has 0 spiro atoms. The molecule has 3 aromatic rings. The van der Waals surface area contributed by atoms with Gasteiger partial charge in [-0.3, -0.25) is 10.1 Å². The van der Waals surface area contributed by atoms with Crippen molar-refractivity contribution in [2.45, 2.75) is 6.36 Å². The van der Waals surface area contributed by atoms with Crippen molar-refractivity contribution < 1.29 is 27.5 Å². The zero-order chi connectivity index (χ0) is 20.9. The Morgan fingerprint density at radius 3 is 2.21 bits per heavy atom. The van der Waals surface area contributed by atoms with E-state index in [9.17, 15) is 22.8 Å². The maximum atomic E-state index is 12.2. The lowest BCUT2D eigenvalue weighted by Crippen LogP contribution is -2.19. The molecule has 0 atom stereocenters. The SMILES string of the molecule is O=C(Nc1ccccc1)Nc1nc(C(=O)Nc2ccc(OC(F)(F)F)cc2)cs1. The van der Waals surface area contributed by atoms with Gasteiger partial charge in [-0.1, -0.05) is 18.2 Å². The fraction of sp³-hybridized carbons (Fsp3) is 0.0556. The molecule has 0 radical (unpaired) electrons. The first-order valence-electron chi connectivity index (χ1n) is 8.04. The average molecular weight is 422 g/mol. The number of rotatable bonds is 5. The monoisotopic (exact) mass is 422 g/mol. The number of ether oxygens (including phenoxy) is 1. The Balaban J connectivity index is 1.55. The molecule has 7 nitrogen and oxygen atoms in total. The number of nitrogens with zero attached hydrogens (tertiary/aromatic N) is 1. The summed E-state index contributed by atoms with van der Waals surface area (Å²) in [6, 6.07) is 12.9. The molecule has 0 fully saturated rings. The van der Waals surface area contributed by atoms with Crippen molar-refractivity contribution in [1.29, 1.82) is 0 Å². The second-order valence-electron chi connectivity index (χ2n) is 5.51. The molecule has 0 aliphatic carbocycles. The van der Waals surface area contributed by atoms with Gasteiger partial charge in [-0.25, -0.2) is 9.78 Å². The zero-order valence-corrected chi connectivity index (χ0v) is 15.3. The van der Waals surface area contributed by atoms with Gasteiger partial charge < -0.3 is 15.4 Å². The summed E-state index contributed by atoms with van der Waals surface area (Å²) in [6.07, 6.45) is -4.79. The highest BCUT2D eigenvalue weighted by molar-refractivity contribution is 7.14. The number of thiazole rings is 1. The number of benzene rings is 2. The summed E-state index contributed by atoms with van der Waals surface area (Å²) in [5.41, 5.74) is 0.895. The molecule has 3 N–H and O–H groups in total. The van der Waals surface area contributed by atoms with Crippen LogP contribution in [0.1, 0.15) is 10.5 Å². The van der Waals surface area contributed by atoms with Gasteiger partial charge in [-0.2, -0.15) is 0 Å². The summed E-state index contributed by atoms with van der Waals surface area (Å²) in [6.45, 7) is 0. The standard InChI is InChI=1S/C18H13F3N4O3S/c19-18(20,21)28-13-8-6-12(7-9-13)22-15(26)14-10-29-17(24-14)25-16(27)23-11-4-2-1-3-5-11/h1-10H,(H,22,26)(H2,23,24,25,27). The molecule has 0 saturated heterocycles. The van der Waals surface area contributed by atoms with Crippen LogP contribution in [0.25, 0.3) is 0 Å². The number of amides is 3. The van der Waals surface area contributed by atoms with Crippen molar-refractivity contribution in [1.82, 2.24) is 4.98 Å². The van der Waals surface area contributed by atoms with Crippen molar-refractivity contribution in [2.75, 3.05) is 16.0 Å². The summed E-state index contributed by atoms with van der Waals surface area (Å²) in [4.78, 5) is 28.2. The molecule has 3 amide bonds. The van der Waals surface area contributed by atoms with Gasteiger partial charge in [0.05, 0.1) is 0 Å². The topological polar surface area (TPSA) is 92.4 Å². The Morgan fingerprint density at radius 1 is 0.897 bits per heavy atom. The highest BCUT2D eigenvalue weighted by Gasteiger charge is 2.31. The molecule has 0 saturated carbocycles. The third kappa shape index (κ3) is 6.21. The van der Waals surface area contributed by atoms with E-state index < -0.39 is 24.1 Å². The van der Waals surface area contributed by atoms with E-state index >= 15 is 0 Å². The van der Waals surface area contributed by atoms with Crippen LogP contribution in [0.5, 0.6) is 5.75 Å². The number of para-hydroxylation sites is 1. The second-order valence-corrected chi connectivity index (χ2v) is 6.37. The van der Waals surface area contributed by atoms with Gasteiger partial charge in [0.2, 0.25) is 0 Å². The first-order valence-corrected chi connectivity index (χ1v) is 8.92. The van der Waals surface area contributed by atoms with E-state index in [4.69, 9.17) is 0 Å². The largest absolute Gasteiger partial charge is 0.573 e. The van der Waals surface area contributed by atoms with Gasteiger partial charge in [-0.05, 0) is 36.4 Å². The molecule has 1 heterocycles. The number of carbonyl (C=O) groups excluding carboxylic acids is 2. The molecule has 0 bridgehead atoms. The van der Waals surface area contributed by atoms with E-state index in [2.05, 4.69) is 25.7 Å². The number of alkyl halides is 3. The number of carbonyl (C=O) groups is 2. The van der Waals surface area contributed by atoms with Gasteiger partial charge in [0.25, 0.3) is 5.91 Å². The van der Waals surface area contributed by atoms with Crippen LogP contribution in [0, 0.1) is 0 Å². The van der Waals surface area contributed by atoms with Gasteiger partial charge in [0, 0.05) is 16.8 Å². The molecule has 11 heteroatoms. The third-order valence-corrected chi connectivity index (χ3v) is 4.09. The Bertz CT molecular complexity index is 992. The molecular weight excluding hydrogens is 409 g/mol. The lowest BCUT2D eigenvalue weighted by atomic mass is 10.3. The fourth-order valence-electron chi connectivity index (χ4n) is 2.15. The second kappa shape index (κ2) is 8.61. The van der Waals surface area contributed by atoms with Crippen LogP contribution in [0.4, 0.5) is 34.5 Å². The number of aromatic nitrogens is 1. The van der Waals surface area contributed by atoms with E-state index in [1.165, 1.54) is 17.5 Å². The first-order chi connectivity index (χ1) is 13.8. The number of urea groups is 1. The lowest BCUT2D eigenvalue weighted by Gasteiger charge is -2.09. The van der Waals surface area contributed by atoms with Crippen LogP contribution in [-0.2, 0) is 0 Å². The minimum absolute atomic E-state index is 0.0422. The molecule has 29 heavy (non-hydrogen) atoms. The van der Waals surface area contributed by atoms with E-state index in [1.807, 2.05) is 6.07 Å². The number of hydrogen-bond donors (Lipinski definition) is 3. The summed E-state index contributed by atoms with van der Waals surface area (Å²) in [5.74, 6) is -0.984. The Kier molecular flexibility index (Phi) is 5.98. The van der Waals surface area contributed by atoms with Crippen LogP contribution in [0.3, 0.4) is 0 Å². The molecule has 2 aromatic carbocycles. The lowest BCUT2D eigenvalue weighted by molar-refractivity contribution is -0.274. The van der Waals surface area contributed by atoms with Crippen LogP contribution in [0.2, 0.25) is 0 Å². The molecule has 150 valence electrons. The highest BCUT2D eigenvalue weighted by atomic mass is 32.1. The average Bonchev–Trinajstić information content (AvgIpc) is 3.11. The number of nitrogens with one attached hydrogen (secondary N) is 3. The molecule has 3 rings (SSSR count).